The Morgan fingerprint density at radius 2 is 1.54 bits per heavy atom. The first-order valence-corrected chi connectivity index (χ1v) is 9.14. The van der Waals surface area contributed by atoms with Gasteiger partial charge in [0.05, 0.1) is 5.57 Å². The number of nitrogens with one attached hydrogen (secondary N) is 2. The Bertz CT molecular complexity index is 970. The number of aryl methyl sites for hydroxylation is 2. The van der Waals surface area contributed by atoms with E-state index in [2.05, 4.69) is 10.6 Å². The largest absolute Gasteiger partial charge is 0.350 e. The molecular formula is C22H23N3O3. The first-order valence-electron chi connectivity index (χ1n) is 9.14. The predicted octanol–water partition coefficient (Wildman–Crippen LogP) is 3.47. The number of benzene rings is 2. The third-order valence-electron chi connectivity index (χ3n) is 4.47. The van der Waals surface area contributed by atoms with Gasteiger partial charge in [-0.1, -0.05) is 18.2 Å². The molecule has 0 spiro atoms. The van der Waals surface area contributed by atoms with Gasteiger partial charge in [0.15, 0.2) is 0 Å². The van der Waals surface area contributed by atoms with Gasteiger partial charge in [-0.3, -0.25) is 19.3 Å². The van der Waals surface area contributed by atoms with Crippen molar-refractivity contribution in [3.05, 3.63) is 64.9 Å². The van der Waals surface area contributed by atoms with E-state index >= 15 is 0 Å². The second kappa shape index (κ2) is 7.68. The van der Waals surface area contributed by atoms with Gasteiger partial charge in [0.2, 0.25) is 5.91 Å². The molecule has 3 rings (SSSR count). The number of hydrogen-bond acceptors (Lipinski definition) is 4. The molecule has 0 atom stereocenters. The fourth-order valence-corrected chi connectivity index (χ4v) is 3.36. The van der Waals surface area contributed by atoms with Crippen LogP contribution in [0.25, 0.3) is 5.57 Å². The molecule has 0 unspecified atom stereocenters. The summed E-state index contributed by atoms with van der Waals surface area (Å²) in [7, 11) is 0. The summed E-state index contributed by atoms with van der Waals surface area (Å²) in [6.07, 6.45) is 0. The maximum atomic E-state index is 12.9. The average molecular weight is 377 g/mol. The minimum absolute atomic E-state index is 0.173. The first-order chi connectivity index (χ1) is 13.3. The lowest BCUT2D eigenvalue weighted by Crippen LogP contribution is -2.32. The lowest BCUT2D eigenvalue weighted by molar-refractivity contribution is -0.136. The maximum Gasteiger partial charge on any atom is 0.278 e. The predicted molar refractivity (Wildman–Crippen MR) is 110 cm³/mol. The van der Waals surface area contributed by atoms with E-state index < -0.39 is 0 Å². The van der Waals surface area contributed by atoms with Crippen LogP contribution in [0.5, 0.6) is 0 Å². The highest BCUT2D eigenvalue weighted by Crippen LogP contribution is 2.31. The highest BCUT2D eigenvalue weighted by Gasteiger charge is 2.38. The van der Waals surface area contributed by atoms with E-state index in [9.17, 15) is 14.4 Å². The maximum absolute atomic E-state index is 12.9. The van der Waals surface area contributed by atoms with Crippen molar-refractivity contribution in [2.24, 2.45) is 0 Å². The van der Waals surface area contributed by atoms with Gasteiger partial charge < -0.3 is 10.6 Å². The van der Waals surface area contributed by atoms with E-state index in [1.54, 1.807) is 31.2 Å². The molecule has 3 amide bonds. The van der Waals surface area contributed by atoms with Crippen molar-refractivity contribution in [1.82, 2.24) is 4.90 Å². The molecule has 0 aliphatic carbocycles. The Morgan fingerprint density at radius 1 is 0.929 bits per heavy atom. The Balaban J connectivity index is 2.04. The zero-order chi connectivity index (χ0) is 20.4. The third-order valence-corrected chi connectivity index (χ3v) is 4.47. The molecule has 2 aromatic carbocycles. The highest BCUT2D eigenvalue weighted by atomic mass is 16.2. The van der Waals surface area contributed by atoms with Crippen molar-refractivity contribution >= 4 is 34.7 Å². The molecular weight excluding hydrogens is 354 g/mol. The number of carbonyl (C=O) groups is 3. The van der Waals surface area contributed by atoms with Gasteiger partial charge in [-0.15, -0.1) is 0 Å². The highest BCUT2D eigenvalue weighted by molar-refractivity contribution is 6.36. The van der Waals surface area contributed by atoms with Crippen molar-refractivity contribution in [3.8, 4) is 0 Å². The number of carbonyl (C=O) groups excluding carboxylic acids is 3. The van der Waals surface area contributed by atoms with E-state index in [1.165, 1.54) is 11.8 Å². The number of anilines is 2. The zero-order valence-corrected chi connectivity index (χ0v) is 16.4. The Labute approximate surface area is 164 Å². The van der Waals surface area contributed by atoms with Crippen LogP contribution in [-0.2, 0) is 14.4 Å². The topological polar surface area (TPSA) is 78.5 Å². The normalized spacial score (nSPS) is 13.9. The van der Waals surface area contributed by atoms with Gasteiger partial charge in [0.25, 0.3) is 11.8 Å². The monoisotopic (exact) mass is 377 g/mol. The standard InChI is InChI=1S/C22H23N3O3/c1-5-25-21(27)19(16-6-8-17(9-7-16)23-15(4)26)20(22(25)28)24-18-11-13(2)10-14(3)12-18/h6-12,24H,5H2,1-4H3,(H,23,26). The van der Waals surface area contributed by atoms with Crippen LogP contribution in [0.1, 0.15) is 30.5 Å². The number of hydrogen-bond donors (Lipinski definition) is 2. The first kappa shape index (κ1) is 19.4. The van der Waals surface area contributed by atoms with E-state index in [0.29, 0.717) is 23.4 Å². The van der Waals surface area contributed by atoms with Gasteiger partial charge in [-0.2, -0.15) is 0 Å². The SMILES string of the molecule is CCN1C(=O)C(Nc2cc(C)cc(C)c2)=C(c2ccc(NC(C)=O)cc2)C1=O. The molecule has 0 saturated carbocycles. The quantitative estimate of drug-likeness (QED) is 0.782. The molecule has 1 heterocycles. The van der Waals surface area contributed by atoms with E-state index in [-0.39, 0.29) is 23.4 Å². The van der Waals surface area contributed by atoms with Crippen LogP contribution in [0.3, 0.4) is 0 Å². The van der Waals surface area contributed by atoms with Crippen LogP contribution in [0, 0.1) is 13.8 Å². The summed E-state index contributed by atoms with van der Waals surface area (Å²) in [5.41, 5.74) is 4.74. The zero-order valence-electron chi connectivity index (χ0n) is 16.4. The average Bonchev–Trinajstić information content (AvgIpc) is 2.84. The van der Waals surface area contributed by atoms with Gasteiger partial charge >= 0.3 is 0 Å². The number of nitrogens with zero attached hydrogens (tertiary/aromatic N) is 1. The number of likely N-dealkylation sites (N-methyl/N-ethyl adjacent to an activating group) is 1. The van der Waals surface area contributed by atoms with Crippen LogP contribution in [0.2, 0.25) is 0 Å². The van der Waals surface area contributed by atoms with Crippen molar-refractivity contribution in [3.63, 3.8) is 0 Å². The van der Waals surface area contributed by atoms with Crippen LogP contribution in [-0.4, -0.2) is 29.2 Å². The van der Waals surface area contributed by atoms with E-state index in [1.807, 2.05) is 32.0 Å². The molecule has 2 aromatic rings. The fraction of sp³-hybridized carbons (Fsp3) is 0.227. The molecule has 0 fully saturated rings. The van der Waals surface area contributed by atoms with E-state index in [0.717, 1.165) is 16.8 Å². The molecule has 0 saturated heterocycles. The molecule has 6 nitrogen and oxygen atoms in total. The molecule has 0 bridgehead atoms. The second-order valence-corrected chi connectivity index (χ2v) is 6.86. The molecule has 144 valence electrons. The van der Waals surface area contributed by atoms with Gasteiger partial charge in [-0.25, -0.2) is 0 Å². The van der Waals surface area contributed by atoms with Crippen molar-refractivity contribution in [2.75, 3.05) is 17.2 Å². The van der Waals surface area contributed by atoms with Gasteiger partial charge in [0, 0.05) is 24.8 Å². The number of imide groups is 1. The van der Waals surface area contributed by atoms with Gasteiger partial charge in [0.1, 0.15) is 5.70 Å². The smallest absolute Gasteiger partial charge is 0.278 e. The minimum Gasteiger partial charge on any atom is -0.350 e. The third kappa shape index (κ3) is 3.81. The Hall–Kier alpha value is -3.41. The molecule has 6 heteroatoms. The summed E-state index contributed by atoms with van der Waals surface area (Å²) in [5.74, 6) is -0.840. The molecule has 0 radical (unpaired) electrons. The minimum atomic E-state index is -0.340. The van der Waals surface area contributed by atoms with Crippen LogP contribution < -0.4 is 10.6 Å². The lowest BCUT2D eigenvalue weighted by Gasteiger charge is -2.12. The number of amides is 3. The van der Waals surface area contributed by atoms with Crippen molar-refractivity contribution in [1.29, 1.82) is 0 Å². The Kier molecular flexibility index (Phi) is 5.31. The lowest BCUT2D eigenvalue weighted by atomic mass is 10.0. The Morgan fingerprint density at radius 3 is 2.07 bits per heavy atom. The summed E-state index contributed by atoms with van der Waals surface area (Å²) in [5, 5.41) is 5.85. The molecule has 1 aliphatic heterocycles. The van der Waals surface area contributed by atoms with E-state index in [4.69, 9.17) is 0 Å². The molecule has 2 N–H and O–H groups in total. The summed E-state index contributed by atoms with van der Waals surface area (Å²) in [6.45, 7) is 7.46. The van der Waals surface area contributed by atoms with Crippen molar-refractivity contribution < 1.29 is 14.4 Å². The summed E-state index contributed by atoms with van der Waals surface area (Å²) in [6, 6.07) is 12.8. The van der Waals surface area contributed by atoms with Crippen molar-refractivity contribution in [2.45, 2.75) is 27.7 Å². The second-order valence-electron chi connectivity index (χ2n) is 6.86. The molecule has 28 heavy (non-hydrogen) atoms. The number of rotatable bonds is 5. The van der Waals surface area contributed by atoms with Crippen LogP contribution in [0.4, 0.5) is 11.4 Å². The summed E-state index contributed by atoms with van der Waals surface area (Å²) in [4.78, 5) is 38.2. The van der Waals surface area contributed by atoms with Crippen LogP contribution in [0.15, 0.2) is 48.2 Å². The summed E-state index contributed by atoms with van der Waals surface area (Å²) >= 11 is 0. The molecule has 0 aromatic heterocycles. The molecule has 1 aliphatic rings. The fourth-order valence-electron chi connectivity index (χ4n) is 3.36. The summed E-state index contributed by atoms with van der Waals surface area (Å²) < 4.78 is 0. The van der Waals surface area contributed by atoms with Gasteiger partial charge in [-0.05, 0) is 61.7 Å². The van der Waals surface area contributed by atoms with Crippen LogP contribution >= 0.6 is 0 Å².